The molecule has 1 aromatic heterocycles. The van der Waals surface area contributed by atoms with Gasteiger partial charge in [-0.25, -0.2) is 14.6 Å². The van der Waals surface area contributed by atoms with Crippen LogP contribution in [-0.4, -0.2) is 38.5 Å². The van der Waals surface area contributed by atoms with Crippen molar-refractivity contribution in [3.05, 3.63) is 28.4 Å². The Labute approximate surface area is 116 Å². The first kappa shape index (κ1) is 14.2. The predicted molar refractivity (Wildman–Crippen MR) is 72.2 cm³/mol. The highest BCUT2D eigenvalue weighted by atomic mass is 16.2. The van der Waals surface area contributed by atoms with Crippen LogP contribution in [0, 0.1) is 6.92 Å². The monoisotopic (exact) mass is 278 g/mol. The molecule has 20 heavy (non-hydrogen) atoms. The summed E-state index contributed by atoms with van der Waals surface area (Å²) in [5.74, 6) is -0.239. The number of hydrogen-bond acceptors (Lipinski definition) is 4. The van der Waals surface area contributed by atoms with Crippen molar-refractivity contribution in [1.82, 2.24) is 19.8 Å². The molecule has 1 aliphatic rings. The van der Waals surface area contributed by atoms with Crippen molar-refractivity contribution in [2.75, 3.05) is 6.54 Å². The lowest BCUT2D eigenvalue weighted by atomic mass is 10.1. The first-order valence-electron chi connectivity index (χ1n) is 6.48. The van der Waals surface area contributed by atoms with Gasteiger partial charge in [-0.05, 0) is 32.8 Å². The molecule has 7 nitrogen and oxygen atoms in total. The summed E-state index contributed by atoms with van der Waals surface area (Å²) in [5, 5.41) is 2.62. The normalized spacial score (nSPS) is 17.4. The zero-order valence-electron chi connectivity index (χ0n) is 11.8. The Morgan fingerprint density at radius 1 is 1.25 bits per heavy atom. The maximum atomic E-state index is 12.0. The van der Waals surface area contributed by atoms with E-state index in [0.717, 1.165) is 5.56 Å². The van der Waals surface area contributed by atoms with Crippen molar-refractivity contribution < 1.29 is 9.59 Å². The molecule has 0 bridgehead atoms. The summed E-state index contributed by atoms with van der Waals surface area (Å²) in [6, 6.07) is -0.380. The second-order valence-corrected chi connectivity index (χ2v) is 5.47. The van der Waals surface area contributed by atoms with Gasteiger partial charge < -0.3 is 5.32 Å². The maximum absolute atomic E-state index is 12.0. The van der Waals surface area contributed by atoms with Crippen molar-refractivity contribution in [2.24, 2.45) is 0 Å². The fourth-order valence-electron chi connectivity index (χ4n) is 2.15. The van der Waals surface area contributed by atoms with E-state index >= 15 is 0 Å². The highest BCUT2D eigenvalue weighted by Gasteiger charge is 2.43. The fourth-order valence-corrected chi connectivity index (χ4v) is 2.15. The molecule has 0 spiro atoms. The maximum Gasteiger partial charge on any atom is 0.347 e. The number of amides is 3. The number of nitrogens with zero attached hydrogens (tertiary/aromatic N) is 3. The van der Waals surface area contributed by atoms with Crippen LogP contribution in [0.4, 0.5) is 4.79 Å². The first-order valence-corrected chi connectivity index (χ1v) is 6.48. The molecule has 1 saturated heterocycles. The Hall–Kier alpha value is -2.18. The highest BCUT2D eigenvalue weighted by Crippen LogP contribution is 2.16. The minimum absolute atomic E-state index is 0.239. The second-order valence-electron chi connectivity index (χ2n) is 5.47. The summed E-state index contributed by atoms with van der Waals surface area (Å²) in [7, 11) is 0. The number of hydrogen-bond donors (Lipinski definition) is 1. The van der Waals surface area contributed by atoms with Crippen LogP contribution in [0.3, 0.4) is 0 Å². The number of carbonyl (C=O) groups is 2. The molecule has 0 aliphatic carbocycles. The summed E-state index contributed by atoms with van der Waals surface area (Å²) < 4.78 is 1.49. The van der Waals surface area contributed by atoms with Crippen molar-refractivity contribution >= 4 is 11.9 Å². The molecule has 7 heteroatoms. The van der Waals surface area contributed by atoms with E-state index in [0.29, 0.717) is 13.0 Å². The SMILES string of the molecule is Cc1cnc(=O)n(CCCN2C(=O)NC(C)(C)C2=O)c1. The molecule has 1 aromatic rings. The van der Waals surface area contributed by atoms with E-state index < -0.39 is 5.54 Å². The Morgan fingerprint density at radius 3 is 2.55 bits per heavy atom. The standard InChI is InChI=1S/C13H18N4O3/c1-9-7-14-11(19)16(8-9)5-4-6-17-10(18)13(2,3)15-12(17)20/h7-8H,4-6H2,1-3H3,(H,15,20). The van der Waals surface area contributed by atoms with Crippen molar-refractivity contribution in [2.45, 2.75) is 39.3 Å². The number of carbonyl (C=O) groups excluding carboxylic acids is 2. The van der Waals surface area contributed by atoms with Gasteiger partial charge in [-0.15, -0.1) is 0 Å². The van der Waals surface area contributed by atoms with E-state index in [1.54, 1.807) is 20.0 Å². The van der Waals surface area contributed by atoms with Gasteiger partial charge >= 0.3 is 11.7 Å². The summed E-state index contributed by atoms with van der Waals surface area (Å²) in [6.07, 6.45) is 3.74. The molecule has 1 N–H and O–H groups in total. The third-order valence-electron chi connectivity index (χ3n) is 3.21. The van der Waals surface area contributed by atoms with Gasteiger partial charge in [0.05, 0.1) is 0 Å². The van der Waals surface area contributed by atoms with E-state index in [1.165, 1.54) is 15.7 Å². The number of nitrogens with one attached hydrogen (secondary N) is 1. The van der Waals surface area contributed by atoms with Crippen molar-refractivity contribution in [3.63, 3.8) is 0 Å². The lowest BCUT2D eigenvalue weighted by Crippen LogP contribution is -2.40. The number of imide groups is 1. The van der Waals surface area contributed by atoms with E-state index in [1.807, 2.05) is 6.92 Å². The Balaban J connectivity index is 1.97. The van der Waals surface area contributed by atoms with Gasteiger partial charge in [0.25, 0.3) is 5.91 Å². The number of aromatic nitrogens is 2. The van der Waals surface area contributed by atoms with Gasteiger partial charge in [-0.2, -0.15) is 0 Å². The number of aryl methyl sites for hydroxylation is 2. The zero-order chi connectivity index (χ0) is 14.9. The molecule has 2 heterocycles. The van der Waals surface area contributed by atoms with Gasteiger partial charge in [0.1, 0.15) is 5.54 Å². The molecule has 0 saturated carbocycles. The highest BCUT2D eigenvalue weighted by molar-refractivity contribution is 6.06. The first-order chi connectivity index (χ1) is 9.31. The van der Waals surface area contributed by atoms with Crippen LogP contribution >= 0.6 is 0 Å². The van der Waals surface area contributed by atoms with Gasteiger partial charge in [-0.3, -0.25) is 14.3 Å². The van der Waals surface area contributed by atoms with E-state index in [2.05, 4.69) is 10.3 Å². The molecule has 3 amide bonds. The van der Waals surface area contributed by atoms with Crippen LogP contribution in [0.2, 0.25) is 0 Å². The molecule has 1 fully saturated rings. The van der Waals surface area contributed by atoms with Gasteiger partial charge in [-0.1, -0.05) is 0 Å². The molecular weight excluding hydrogens is 260 g/mol. The third-order valence-corrected chi connectivity index (χ3v) is 3.21. The van der Waals surface area contributed by atoms with Crippen LogP contribution in [0.1, 0.15) is 25.8 Å². The second kappa shape index (κ2) is 5.07. The van der Waals surface area contributed by atoms with Crippen LogP contribution in [0.25, 0.3) is 0 Å². The molecule has 0 aromatic carbocycles. The Morgan fingerprint density at radius 2 is 1.95 bits per heavy atom. The van der Waals surface area contributed by atoms with Crippen molar-refractivity contribution in [3.8, 4) is 0 Å². The zero-order valence-corrected chi connectivity index (χ0v) is 11.8. The number of urea groups is 1. The summed E-state index contributed by atoms with van der Waals surface area (Å²) in [5.41, 5.74) is -0.285. The van der Waals surface area contributed by atoms with Crippen LogP contribution in [-0.2, 0) is 11.3 Å². The van der Waals surface area contributed by atoms with Gasteiger partial charge in [0.15, 0.2) is 0 Å². The topological polar surface area (TPSA) is 84.3 Å². The summed E-state index contributed by atoms with van der Waals surface area (Å²) in [6.45, 7) is 5.90. The Kier molecular flexibility index (Phi) is 3.61. The van der Waals surface area contributed by atoms with E-state index in [9.17, 15) is 14.4 Å². The molecule has 0 radical (unpaired) electrons. The predicted octanol–water partition coefficient (Wildman–Crippen LogP) is 0.272. The molecule has 108 valence electrons. The molecular formula is C13H18N4O3. The average molecular weight is 278 g/mol. The quantitative estimate of drug-likeness (QED) is 0.801. The molecule has 2 rings (SSSR count). The minimum Gasteiger partial charge on any atom is -0.324 e. The Bertz CT molecular complexity index is 606. The third kappa shape index (κ3) is 2.71. The van der Waals surface area contributed by atoms with E-state index in [4.69, 9.17) is 0 Å². The fraction of sp³-hybridized carbons (Fsp3) is 0.538. The molecule has 0 unspecified atom stereocenters. The smallest absolute Gasteiger partial charge is 0.324 e. The molecule has 0 atom stereocenters. The summed E-state index contributed by atoms with van der Waals surface area (Å²) in [4.78, 5) is 40.1. The van der Waals surface area contributed by atoms with Crippen LogP contribution in [0.15, 0.2) is 17.2 Å². The largest absolute Gasteiger partial charge is 0.347 e. The lowest BCUT2D eigenvalue weighted by molar-refractivity contribution is -0.130. The van der Waals surface area contributed by atoms with Gasteiger partial charge in [0.2, 0.25) is 0 Å². The minimum atomic E-state index is -0.848. The lowest BCUT2D eigenvalue weighted by Gasteiger charge is -2.16. The average Bonchev–Trinajstić information content (AvgIpc) is 2.55. The number of rotatable bonds is 4. The van der Waals surface area contributed by atoms with Gasteiger partial charge in [0, 0.05) is 25.5 Å². The van der Waals surface area contributed by atoms with Crippen LogP contribution in [0.5, 0.6) is 0 Å². The molecule has 1 aliphatic heterocycles. The van der Waals surface area contributed by atoms with Crippen LogP contribution < -0.4 is 11.0 Å². The van der Waals surface area contributed by atoms with Crippen molar-refractivity contribution in [1.29, 1.82) is 0 Å². The summed E-state index contributed by atoms with van der Waals surface area (Å²) >= 11 is 0. The van der Waals surface area contributed by atoms with E-state index in [-0.39, 0.29) is 24.2 Å².